The summed E-state index contributed by atoms with van der Waals surface area (Å²) in [4.78, 5) is 39.8. The van der Waals surface area contributed by atoms with Crippen molar-refractivity contribution in [2.45, 2.75) is 57.8 Å². The van der Waals surface area contributed by atoms with Crippen molar-refractivity contribution in [2.24, 2.45) is 0 Å². The fraction of sp³-hybridized carbons (Fsp3) is 0.444. The average Bonchev–Trinajstić information content (AvgIpc) is 2.96. The second-order valence-corrected chi connectivity index (χ2v) is 8.34. The van der Waals surface area contributed by atoms with Crippen LogP contribution in [0.3, 0.4) is 0 Å². The van der Waals surface area contributed by atoms with Gasteiger partial charge in [-0.3, -0.25) is 14.9 Å². The number of hydrogen-bond donors (Lipinski definition) is 2. The van der Waals surface area contributed by atoms with Gasteiger partial charge in [-0.15, -0.1) is 12.4 Å². The summed E-state index contributed by atoms with van der Waals surface area (Å²) < 4.78 is 55.7. The molecule has 37 heavy (non-hydrogen) atoms. The van der Waals surface area contributed by atoms with Gasteiger partial charge in [0.05, 0.1) is 33.7 Å². The molecule has 2 N–H and O–H groups in total. The maximum Gasteiger partial charge on any atom is 0.326 e. The lowest BCUT2D eigenvalue weighted by Crippen LogP contribution is -2.56. The Hall–Kier alpha value is -3.30. The van der Waals surface area contributed by atoms with Crippen molar-refractivity contribution in [1.29, 1.82) is 0 Å². The number of nitrogens with one attached hydrogen (secondary N) is 1. The van der Waals surface area contributed by atoms with Gasteiger partial charge in [-0.05, 0) is 55.5 Å². The number of halogens is 1. The van der Waals surface area contributed by atoms with E-state index in [4.69, 9.17) is 21.1 Å². The Morgan fingerprint density at radius 1 is 1.14 bits per heavy atom. The first-order valence-electron chi connectivity index (χ1n) is 14.1. The second-order valence-electron chi connectivity index (χ2n) is 8.34. The number of fused-ring (bicyclic) bond motifs is 1. The summed E-state index contributed by atoms with van der Waals surface area (Å²) in [7, 11) is 2.95. The van der Waals surface area contributed by atoms with Gasteiger partial charge in [0, 0.05) is 13.0 Å². The van der Waals surface area contributed by atoms with Crippen molar-refractivity contribution in [3.8, 4) is 11.5 Å². The molecule has 1 heterocycles. The molecule has 2 aromatic carbocycles. The Morgan fingerprint density at radius 3 is 2.32 bits per heavy atom. The molecule has 0 aliphatic carbocycles. The molecule has 0 saturated carbocycles. The van der Waals surface area contributed by atoms with Crippen molar-refractivity contribution >= 4 is 30.3 Å². The molecular formula is C27H35ClN2O7. The predicted molar refractivity (Wildman–Crippen MR) is 140 cm³/mol. The highest BCUT2D eigenvalue weighted by Gasteiger charge is 2.38. The summed E-state index contributed by atoms with van der Waals surface area (Å²) in [5.41, 5.74) is 1.44. The van der Waals surface area contributed by atoms with Gasteiger partial charge in [-0.25, -0.2) is 4.79 Å². The van der Waals surface area contributed by atoms with Crippen LogP contribution >= 0.6 is 12.4 Å². The summed E-state index contributed by atoms with van der Waals surface area (Å²) >= 11 is 0. The Balaban J connectivity index is 0.00000616. The number of methoxy groups -OCH3 is 2. The molecular weight excluding hydrogens is 500 g/mol. The van der Waals surface area contributed by atoms with E-state index in [0.29, 0.717) is 22.6 Å². The minimum atomic E-state index is -1.19. The molecule has 0 bridgehead atoms. The second kappa shape index (κ2) is 13.9. The third-order valence-corrected chi connectivity index (χ3v) is 6.03. The largest absolute Gasteiger partial charge is 0.493 e. The highest BCUT2D eigenvalue weighted by Crippen LogP contribution is 2.35. The Kier molecular flexibility index (Phi) is 8.56. The van der Waals surface area contributed by atoms with E-state index in [9.17, 15) is 19.5 Å². The van der Waals surface area contributed by atoms with Gasteiger partial charge < -0.3 is 24.2 Å². The van der Waals surface area contributed by atoms with Crippen LogP contribution in [0.1, 0.15) is 43.8 Å². The van der Waals surface area contributed by atoms with Crippen LogP contribution in [0.2, 0.25) is 0 Å². The molecule has 1 aliphatic heterocycles. The molecule has 0 saturated heterocycles. The molecule has 2 aromatic rings. The minimum absolute atomic E-state index is 0. The Morgan fingerprint density at radius 2 is 1.76 bits per heavy atom. The Bertz CT molecular complexity index is 1320. The number of ether oxygens (including phenoxy) is 3. The van der Waals surface area contributed by atoms with E-state index >= 15 is 0 Å². The molecule has 3 atom stereocenters. The van der Waals surface area contributed by atoms with Gasteiger partial charge in [-0.2, -0.15) is 0 Å². The number of benzene rings is 2. The highest BCUT2D eigenvalue weighted by atomic mass is 35.5. The summed E-state index contributed by atoms with van der Waals surface area (Å²) in [5, 5.41) is 12.9. The van der Waals surface area contributed by atoms with Gasteiger partial charge in [0.1, 0.15) is 12.1 Å². The molecule has 0 radical (unpaired) electrons. The van der Waals surface area contributed by atoms with Crippen LogP contribution in [0.5, 0.6) is 11.5 Å². The fourth-order valence-corrected chi connectivity index (χ4v) is 4.19. The smallest absolute Gasteiger partial charge is 0.326 e. The summed E-state index contributed by atoms with van der Waals surface area (Å²) in [5.74, 6) is -1.55. The van der Waals surface area contributed by atoms with Gasteiger partial charge in [-0.1, -0.05) is 30.2 Å². The van der Waals surface area contributed by atoms with Crippen LogP contribution in [0.4, 0.5) is 0 Å². The van der Waals surface area contributed by atoms with E-state index in [0.717, 1.165) is 0 Å². The number of rotatable bonds is 11. The quantitative estimate of drug-likeness (QED) is 0.419. The number of carbonyl (C=O) groups is 3. The first-order valence-corrected chi connectivity index (χ1v) is 11.6. The summed E-state index contributed by atoms with van der Waals surface area (Å²) in [6, 6.07) is -2.08. The van der Waals surface area contributed by atoms with E-state index in [2.05, 4.69) is 5.32 Å². The van der Waals surface area contributed by atoms with E-state index in [1.54, 1.807) is 19.1 Å². The Labute approximate surface area is 230 Å². The van der Waals surface area contributed by atoms with Crippen LogP contribution in [0, 0.1) is 0 Å². The highest BCUT2D eigenvalue weighted by molar-refractivity contribution is 5.88. The topological polar surface area (TPSA) is 114 Å². The van der Waals surface area contributed by atoms with Crippen molar-refractivity contribution in [3.05, 3.63) is 59.0 Å². The maximum atomic E-state index is 13.6. The van der Waals surface area contributed by atoms with E-state index in [-0.39, 0.29) is 62.5 Å². The van der Waals surface area contributed by atoms with Crippen LogP contribution in [0.25, 0.3) is 0 Å². The van der Waals surface area contributed by atoms with Crippen LogP contribution in [0.15, 0.2) is 42.3 Å². The first-order chi connectivity index (χ1) is 19.4. The number of carboxylic acid groups (broad SMARTS) is 1. The van der Waals surface area contributed by atoms with Crippen LogP contribution in [-0.4, -0.2) is 66.8 Å². The number of nitrogens with zero attached hydrogens (tertiary/aromatic N) is 1. The third-order valence-electron chi connectivity index (χ3n) is 6.03. The predicted octanol–water partition coefficient (Wildman–Crippen LogP) is 3.01. The van der Waals surface area contributed by atoms with Gasteiger partial charge in [0.15, 0.2) is 11.5 Å². The molecule has 0 aromatic heterocycles. The maximum absolute atomic E-state index is 13.6. The average molecular weight is 540 g/mol. The standard InChI is InChI=1S/C27H34N2O7.ClH/c1-5-36-27(33)21(12-11-18-9-7-6-8-10-18)28-17(2)25(30)29-16-20-15-24(35-4)23(34-3)14-19(20)13-22(29)26(31)32;/h6-10,14-15,17,21-22,28H,5,11-13,16H2,1-4H3,(H,31,32);1H/t17-,21-,22-;/m0./s1/i6D,7D,8D,9D,10D;. The SMILES string of the molecule is Cl.[2H]c1c([2H])c([2H])c(CC[C@H](N[C@@H](C)C(=O)N2Cc3cc(OC)c(OC)cc3C[C@H]2C(=O)O)C(=O)OCC)c([2H])c1[2H]. The van der Waals surface area contributed by atoms with Crippen LogP contribution in [-0.2, 0) is 38.5 Å². The van der Waals surface area contributed by atoms with E-state index < -0.39 is 54.1 Å². The lowest BCUT2D eigenvalue weighted by Gasteiger charge is -2.37. The van der Waals surface area contributed by atoms with E-state index in [1.807, 2.05) is 0 Å². The zero-order valence-corrected chi connectivity index (χ0v) is 22.0. The molecule has 0 unspecified atom stereocenters. The van der Waals surface area contributed by atoms with Crippen molar-refractivity contribution < 1.29 is 40.6 Å². The van der Waals surface area contributed by atoms with Crippen molar-refractivity contribution in [2.75, 3.05) is 20.8 Å². The number of amides is 1. The first kappa shape index (κ1) is 22.9. The van der Waals surface area contributed by atoms with E-state index in [1.165, 1.54) is 26.0 Å². The third kappa shape index (κ3) is 7.36. The van der Waals surface area contributed by atoms with Gasteiger partial charge in [0.25, 0.3) is 0 Å². The van der Waals surface area contributed by atoms with Gasteiger partial charge >= 0.3 is 11.9 Å². The van der Waals surface area contributed by atoms with Crippen LogP contribution < -0.4 is 14.8 Å². The molecule has 10 heteroatoms. The van der Waals surface area contributed by atoms with Gasteiger partial charge in [0.2, 0.25) is 5.91 Å². The lowest BCUT2D eigenvalue weighted by atomic mass is 9.92. The molecule has 0 fully saturated rings. The molecule has 3 rings (SSSR count). The number of hydrogen-bond acceptors (Lipinski definition) is 7. The molecule has 0 spiro atoms. The number of esters is 1. The number of carbonyl (C=O) groups excluding carboxylic acids is 2. The number of carboxylic acids is 1. The summed E-state index contributed by atoms with van der Waals surface area (Å²) in [6.07, 6.45) is -0.0591. The molecule has 1 aliphatic rings. The molecule has 9 nitrogen and oxygen atoms in total. The number of aliphatic carboxylic acids is 1. The lowest BCUT2D eigenvalue weighted by molar-refractivity contribution is -0.153. The minimum Gasteiger partial charge on any atom is -0.493 e. The molecule has 1 amide bonds. The molecule has 202 valence electrons. The fourth-order valence-electron chi connectivity index (χ4n) is 4.19. The zero-order chi connectivity index (χ0) is 30.6. The van der Waals surface area contributed by atoms with Crippen molar-refractivity contribution in [1.82, 2.24) is 10.2 Å². The monoisotopic (exact) mass is 539 g/mol. The zero-order valence-electron chi connectivity index (χ0n) is 26.2. The normalized spacial score (nSPS) is 17.9. The summed E-state index contributed by atoms with van der Waals surface area (Å²) in [6.45, 7) is 3.17. The van der Waals surface area contributed by atoms with Crippen molar-refractivity contribution in [3.63, 3.8) is 0 Å².